The van der Waals surface area contributed by atoms with Gasteiger partial charge in [-0.25, -0.2) is 0 Å². The summed E-state index contributed by atoms with van der Waals surface area (Å²) < 4.78 is 0. The van der Waals surface area contributed by atoms with E-state index < -0.39 is 0 Å². The maximum atomic E-state index is 3.59. The Morgan fingerprint density at radius 3 is 2.29 bits per heavy atom. The number of piperidine rings is 1. The Labute approximate surface area is 108 Å². The minimum atomic E-state index is 0.613. The van der Waals surface area contributed by atoms with Gasteiger partial charge in [0, 0.05) is 18.6 Å². The van der Waals surface area contributed by atoms with Crippen LogP contribution >= 0.6 is 0 Å². The Kier molecular flexibility index (Phi) is 7.14. The molecule has 1 unspecified atom stereocenters. The van der Waals surface area contributed by atoms with E-state index in [0.717, 1.165) is 18.5 Å². The number of hydrogen-bond donors (Lipinski definition) is 1. The van der Waals surface area contributed by atoms with Crippen LogP contribution in [0.15, 0.2) is 0 Å². The molecule has 102 valence electrons. The van der Waals surface area contributed by atoms with E-state index in [9.17, 15) is 0 Å². The lowest BCUT2D eigenvalue weighted by Crippen LogP contribution is -2.47. The summed E-state index contributed by atoms with van der Waals surface area (Å²) in [5.74, 6) is 1.01. The second kappa shape index (κ2) is 8.10. The van der Waals surface area contributed by atoms with Crippen molar-refractivity contribution in [3.05, 3.63) is 0 Å². The second-order valence-electron chi connectivity index (χ2n) is 5.89. The summed E-state index contributed by atoms with van der Waals surface area (Å²) in [5.41, 5.74) is 0. The zero-order chi connectivity index (χ0) is 12.7. The molecule has 0 aromatic heterocycles. The Hall–Kier alpha value is -0.0800. The molecule has 0 aromatic rings. The highest BCUT2D eigenvalue weighted by Crippen LogP contribution is 2.23. The number of hydrogen-bond acceptors (Lipinski definition) is 2. The van der Waals surface area contributed by atoms with Crippen LogP contribution in [0.1, 0.15) is 59.8 Å². The molecule has 1 N–H and O–H groups in total. The first-order chi connectivity index (χ1) is 8.17. The molecule has 0 aromatic carbocycles. The van der Waals surface area contributed by atoms with Crippen molar-refractivity contribution in [3.8, 4) is 0 Å². The molecule has 1 saturated heterocycles. The maximum absolute atomic E-state index is 3.59. The van der Waals surface area contributed by atoms with E-state index in [-0.39, 0.29) is 0 Å². The van der Waals surface area contributed by atoms with E-state index in [1.54, 1.807) is 0 Å². The molecule has 0 amide bonds. The quantitative estimate of drug-likeness (QED) is 0.735. The first-order valence-corrected chi connectivity index (χ1v) is 7.64. The lowest BCUT2D eigenvalue weighted by atomic mass is 9.91. The second-order valence-corrected chi connectivity index (χ2v) is 5.89. The van der Waals surface area contributed by atoms with Crippen LogP contribution < -0.4 is 5.32 Å². The molecule has 0 aliphatic carbocycles. The number of rotatable bonds is 7. The van der Waals surface area contributed by atoms with Crippen molar-refractivity contribution in [2.45, 2.75) is 71.9 Å². The molecular weight excluding hydrogens is 208 g/mol. The summed E-state index contributed by atoms with van der Waals surface area (Å²) in [4.78, 5) is 2.71. The van der Waals surface area contributed by atoms with Crippen molar-refractivity contribution >= 4 is 0 Å². The molecule has 1 heterocycles. The van der Waals surface area contributed by atoms with Gasteiger partial charge in [-0.15, -0.1) is 0 Å². The fourth-order valence-corrected chi connectivity index (χ4v) is 2.92. The Morgan fingerprint density at radius 1 is 1.18 bits per heavy atom. The Balaban J connectivity index is 2.29. The molecule has 0 spiro atoms. The van der Waals surface area contributed by atoms with E-state index in [1.165, 1.54) is 45.2 Å². The predicted octanol–water partition coefficient (Wildman–Crippen LogP) is 3.28. The van der Waals surface area contributed by atoms with Gasteiger partial charge < -0.3 is 5.32 Å². The van der Waals surface area contributed by atoms with Gasteiger partial charge in [-0.1, -0.05) is 40.5 Å². The van der Waals surface area contributed by atoms with Gasteiger partial charge in [0.15, 0.2) is 0 Å². The fraction of sp³-hybridized carbons (Fsp3) is 1.00. The molecule has 17 heavy (non-hydrogen) atoms. The van der Waals surface area contributed by atoms with Crippen molar-refractivity contribution in [1.82, 2.24) is 10.2 Å². The molecule has 0 radical (unpaired) electrons. The van der Waals surface area contributed by atoms with Crippen molar-refractivity contribution in [2.75, 3.05) is 19.6 Å². The summed E-state index contributed by atoms with van der Waals surface area (Å²) in [6.07, 6.45) is 6.92. The Bertz CT molecular complexity index is 183. The summed E-state index contributed by atoms with van der Waals surface area (Å²) in [6.45, 7) is 12.9. The van der Waals surface area contributed by atoms with E-state index in [0.29, 0.717) is 6.04 Å². The van der Waals surface area contributed by atoms with Crippen LogP contribution in [0.5, 0.6) is 0 Å². The molecule has 2 heteroatoms. The lowest BCUT2D eigenvalue weighted by molar-refractivity contribution is 0.122. The molecule has 1 aliphatic rings. The van der Waals surface area contributed by atoms with Crippen LogP contribution in [-0.2, 0) is 0 Å². The third-order valence-electron chi connectivity index (χ3n) is 4.10. The van der Waals surface area contributed by atoms with Gasteiger partial charge in [-0.3, -0.25) is 4.90 Å². The lowest BCUT2D eigenvalue weighted by Gasteiger charge is -2.37. The molecule has 1 fully saturated rings. The number of likely N-dealkylation sites (tertiary alicyclic amines) is 1. The minimum absolute atomic E-state index is 0.613. The standard InChI is InChI=1S/C15H32N2/c1-5-7-14-8-10-17(11-9-14)15(6-2)12-16-13(3)4/h13-16H,5-12H2,1-4H3. The molecule has 0 bridgehead atoms. The van der Waals surface area contributed by atoms with Gasteiger partial charge in [0.05, 0.1) is 0 Å². The SMILES string of the molecule is CCCC1CCN(C(CC)CNC(C)C)CC1. The van der Waals surface area contributed by atoms with Crippen LogP contribution in [0.25, 0.3) is 0 Å². The minimum Gasteiger partial charge on any atom is -0.313 e. The van der Waals surface area contributed by atoms with Crippen LogP contribution in [0.2, 0.25) is 0 Å². The molecule has 2 nitrogen and oxygen atoms in total. The molecule has 1 aliphatic heterocycles. The topological polar surface area (TPSA) is 15.3 Å². The normalized spacial score (nSPS) is 21.0. The molecule has 1 atom stereocenters. The van der Waals surface area contributed by atoms with E-state index in [2.05, 4.69) is 37.9 Å². The van der Waals surface area contributed by atoms with E-state index in [4.69, 9.17) is 0 Å². The largest absolute Gasteiger partial charge is 0.313 e. The van der Waals surface area contributed by atoms with Gasteiger partial charge in [-0.2, -0.15) is 0 Å². The third-order valence-corrected chi connectivity index (χ3v) is 4.10. The summed E-state index contributed by atoms with van der Waals surface area (Å²) in [6, 6.07) is 1.36. The van der Waals surface area contributed by atoms with Crippen LogP contribution in [0.3, 0.4) is 0 Å². The first-order valence-electron chi connectivity index (χ1n) is 7.64. The van der Waals surface area contributed by atoms with E-state index in [1.807, 2.05) is 0 Å². The zero-order valence-corrected chi connectivity index (χ0v) is 12.3. The van der Waals surface area contributed by atoms with Crippen molar-refractivity contribution in [3.63, 3.8) is 0 Å². The molecular formula is C15H32N2. The summed E-state index contributed by atoms with van der Waals surface area (Å²) >= 11 is 0. The van der Waals surface area contributed by atoms with Gasteiger partial charge >= 0.3 is 0 Å². The Morgan fingerprint density at radius 2 is 1.82 bits per heavy atom. The molecule has 0 saturated carbocycles. The monoisotopic (exact) mass is 240 g/mol. The van der Waals surface area contributed by atoms with Gasteiger partial charge in [0.1, 0.15) is 0 Å². The van der Waals surface area contributed by atoms with Crippen molar-refractivity contribution in [2.24, 2.45) is 5.92 Å². The highest BCUT2D eigenvalue weighted by molar-refractivity contribution is 4.79. The zero-order valence-electron chi connectivity index (χ0n) is 12.3. The molecule has 1 rings (SSSR count). The third kappa shape index (κ3) is 5.39. The maximum Gasteiger partial charge on any atom is 0.0218 e. The van der Waals surface area contributed by atoms with Gasteiger partial charge in [0.25, 0.3) is 0 Å². The average Bonchev–Trinajstić information content (AvgIpc) is 2.32. The average molecular weight is 240 g/mol. The van der Waals surface area contributed by atoms with Crippen LogP contribution in [0, 0.1) is 5.92 Å². The first kappa shape index (κ1) is 15.0. The predicted molar refractivity (Wildman–Crippen MR) is 76.4 cm³/mol. The fourth-order valence-electron chi connectivity index (χ4n) is 2.92. The van der Waals surface area contributed by atoms with Crippen molar-refractivity contribution < 1.29 is 0 Å². The van der Waals surface area contributed by atoms with Crippen LogP contribution in [-0.4, -0.2) is 36.6 Å². The highest BCUT2D eigenvalue weighted by Gasteiger charge is 2.23. The van der Waals surface area contributed by atoms with Crippen LogP contribution in [0.4, 0.5) is 0 Å². The van der Waals surface area contributed by atoms with Crippen molar-refractivity contribution in [1.29, 1.82) is 0 Å². The smallest absolute Gasteiger partial charge is 0.0218 e. The van der Waals surface area contributed by atoms with E-state index >= 15 is 0 Å². The summed E-state index contributed by atoms with van der Waals surface area (Å²) in [7, 11) is 0. The summed E-state index contributed by atoms with van der Waals surface area (Å²) in [5, 5.41) is 3.59. The highest BCUT2D eigenvalue weighted by atomic mass is 15.2. The number of nitrogens with one attached hydrogen (secondary N) is 1. The van der Waals surface area contributed by atoms with Gasteiger partial charge in [0.2, 0.25) is 0 Å². The number of nitrogens with zero attached hydrogens (tertiary/aromatic N) is 1. The van der Waals surface area contributed by atoms with Gasteiger partial charge in [-0.05, 0) is 38.3 Å².